The minimum Gasteiger partial charge on any atom is -0.425 e. The van der Waals surface area contributed by atoms with Gasteiger partial charge in [0.15, 0.2) is 0 Å². The topological polar surface area (TPSA) is 71.1 Å². The zero-order valence-electron chi connectivity index (χ0n) is 14.9. The molecule has 2 aromatic carbocycles. The highest BCUT2D eigenvalue weighted by Crippen LogP contribution is 2.12. The normalized spacial score (nSPS) is 10.4. The van der Waals surface area contributed by atoms with E-state index in [-0.39, 0.29) is 26.4 Å². The van der Waals surface area contributed by atoms with Gasteiger partial charge in [-0.2, -0.15) is 0 Å². The molecule has 6 heteroatoms. The van der Waals surface area contributed by atoms with Crippen molar-refractivity contribution in [1.29, 1.82) is 0 Å². The van der Waals surface area contributed by atoms with Gasteiger partial charge in [-0.05, 0) is 38.1 Å². The van der Waals surface area contributed by atoms with Crippen LogP contribution in [-0.4, -0.2) is 38.4 Å². The van der Waals surface area contributed by atoms with Crippen LogP contribution < -0.4 is 9.47 Å². The van der Waals surface area contributed by atoms with E-state index < -0.39 is 11.9 Å². The molecule has 0 unspecified atom stereocenters. The lowest BCUT2D eigenvalue weighted by atomic mass is 10.2. The molecule has 138 valence electrons. The van der Waals surface area contributed by atoms with Crippen molar-refractivity contribution in [2.45, 2.75) is 13.8 Å². The highest BCUT2D eigenvalue weighted by Gasteiger charge is 2.07. The van der Waals surface area contributed by atoms with Gasteiger partial charge in [0.25, 0.3) is 0 Å². The Labute approximate surface area is 152 Å². The average molecular weight is 358 g/mol. The van der Waals surface area contributed by atoms with Crippen LogP contribution >= 0.6 is 0 Å². The summed E-state index contributed by atoms with van der Waals surface area (Å²) in [4.78, 5) is 23.2. The molecular weight excluding hydrogens is 336 g/mol. The first-order valence-electron chi connectivity index (χ1n) is 8.23. The summed E-state index contributed by atoms with van der Waals surface area (Å²) < 4.78 is 20.5. The molecule has 6 nitrogen and oxygen atoms in total. The van der Waals surface area contributed by atoms with E-state index in [4.69, 9.17) is 18.9 Å². The largest absolute Gasteiger partial charge is 0.425 e. The van der Waals surface area contributed by atoms with Crippen LogP contribution in [-0.2, 0) is 19.1 Å². The van der Waals surface area contributed by atoms with Crippen molar-refractivity contribution in [3.63, 3.8) is 0 Å². The molecule has 0 aromatic heterocycles. The van der Waals surface area contributed by atoms with Crippen LogP contribution in [0.25, 0.3) is 0 Å². The molecule has 0 aliphatic carbocycles. The minimum atomic E-state index is -0.493. The molecule has 2 rings (SSSR count). The molecule has 0 saturated carbocycles. The Balaban J connectivity index is 1.53. The maximum absolute atomic E-state index is 11.6. The van der Waals surface area contributed by atoms with Crippen molar-refractivity contribution < 1.29 is 28.5 Å². The number of carbonyl (C=O) groups is 2. The Kier molecular flexibility index (Phi) is 7.79. The highest BCUT2D eigenvalue weighted by molar-refractivity contribution is 5.74. The zero-order chi connectivity index (χ0) is 18.8. The number of hydrogen-bond acceptors (Lipinski definition) is 6. The summed E-state index contributed by atoms with van der Waals surface area (Å²) in [5.41, 5.74) is 2.17. The van der Waals surface area contributed by atoms with Gasteiger partial charge in [0, 0.05) is 0 Å². The number of esters is 2. The van der Waals surface area contributed by atoms with E-state index in [1.807, 2.05) is 38.1 Å². The van der Waals surface area contributed by atoms with E-state index >= 15 is 0 Å². The summed E-state index contributed by atoms with van der Waals surface area (Å²) in [5.74, 6) is -0.0427. The second-order valence-corrected chi connectivity index (χ2v) is 5.68. The Hall–Kier alpha value is -2.70. The molecule has 0 bridgehead atoms. The average Bonchev–Trinajstić information content (AvgIpc) is 2.62. The van der Waals surface area contributed by atoms with Crippen molar-refractivity contribution in [2.75, 3.05) is 26.4 Å². The van der Waals surface area contributed by atoms with Crippen LogP contribution in [0.15, 0.2) is 48.5 Å². The molecule has 0 amide bonds. The molecule has 0 N–H and O–H groups in total. The summed E-state index contributed by atoms with van der Waals surface area (Å²) in [6.45, 7) is 3.86. The fraction of sp³-hybridized carbons (Fsp3) is 0.300. The van der Waals surface area contributed by atoms with Gasteiger partial charge in [0.05, 0.1) is 13.2 Å². The summed E-state index contributed by atoms with van der Waals surface area (Å²) in [6.07, 6.45) is 0. The molecule has 0 aliphatic heterocycles. The fourth-order valence-corrected chi connectivity index (χ4v) is 1.96. The first-order chi connectivity index (χ1) is 12.5. The van der Waals surface area contributed by atoms with E-state index in [2.05, 4.69) is 0 Å². The maximum Gasteiger partial charge on any atom is 0.337 e. The molecule has 2 aromatic rings. The summed E-state index contributed by atoms with van der Waals surface area (Å²) in [5, 5.41) is 0. The second kappa shape index (κ2) is 10.3. The van der Waals surface area contributed by atoms with Crippen LogP contribution in [0.5, 0.6) is 11.5 Å². The van der Waals surface area contributed by atoms with Crippen molar-refractivity contribution in [3.8, 4) is 11.5 Å². The highest BCUT2D eigenvalue weighted by atomic mass is 16.6. The summed E-state index contributed by atoms with van der Waals surface area (Å²) in [6, 6.07) is 14.3. The first-order valence-corrected chi connectivity index (χ1v) is 8.23. The Bertz CT molecular complexity index is 643. The lowest BCUT2D eigenvalue weighted by Gasteiger charge is -2.07. The molecular formula is C20H22O6. The van der Waals surface area contributed by atoms with Crippen molar-refractivity contribution in [3.05, 3.63) is 59.7 Å². The molecule has 0 saturated heterocycles. The molecule has 0 radical (unpaired) electrons. The molecule has 0 heterocycles. The third-order valence-corrected chi connectivity index (χ3v) is 3.32. The van der Waals surface area contributed by atoms with E-state index in [0.29, 0.717) is 11.5 Å². The van der Waals surface area contributed by atoms with E-state index in [1.54, 1.807) is 24.3 Å². The number of rotatable bonds is 9. The molecule has 26 heavy (non-hydrogen) atoms. The van der Waals surface area contributed by atoms with Crippen LogP contribution in [0.4, 0.5) is 0 Å². The maximum atomic E-state index is 11.6. The quantitative estimate of drug-likeness (QED) is 0.390. The van der Waals surface area contributed by atoms with Crippen LogP contribution in [0.1, 0.15) is 11.1 Å². The first kappa shape index (κ1) is 19.6. The van der Waals surface area contributed by atoms with Crippen LogP contribution in [0, 0.1) is 13.8 Å². The van der Waals surface area contributed by atoms with E-state index in [0.717, 1.165) is 11.1 Å². The lowest BCUT2D eigenvalue weighted by Crippen LogP contribution is -2.20. The van der Waals surface area contributed by atoms with Gasteiger partial charge in [0.1, 0.15) is 24.7 Å². The zero-order valence-corrected chi connectivity index (χ0v) is 14.9. The van der Waals surface area contributed by atoms with E-state index in [1.165, 1.54) is 0 Å². The number of aryl methyl sites for hydroxylation is 2. The van der Waals surface area contributed by atoms with Gasteiger partial charge in [-0.15, -0.1) is 0 Å². The number of carbonyl (C=O) groups excluding carboxylic acids is 2. The Morgan fingerprint density at radius 1 is 0.654 bits per heavy atom. The van der Waals surface area contributed by atoms with Gasteiger partial charge in [-0.1, -0.05) is 35.4 Å². The van der Waals surface area contributed by atoms with Gasteiger partial charge < -0.3 is 18.9 Å². The number of ether oxygens (including phenoxy) is 4. The van der Waals surface area contributed by atoms with Crippen LogP contribution in [0.2, 0.25) is 0 Å². The molecule has 0 spiro atoms. The number of hydrogen-bond donors (Lipinski definition) is 0. The standard InChI is InChI=1S/C20H22O6/c1-15-3-7-17(8-4-15)25-19(21)13-23-11-12-24-14-20(22)26-18-9-5-16(2)6-10-18/h3-10H,11-14H2,1-2H3. The molecule has 0 fully saturated rings. The predicted octanol–water partition coefficient (Wildman–Crippen LogP) is 2.85. The van der Waals surface area contributed by atoms with Gasteiger partial charge >= 0.3 is 11.9 Å². The van der Waals surface area contributed by atoms with E-state index in [9.17, 15) is 9.59 Å². The van der Waals surface area contributed by atoms with Crippen molar-refractivity contribution in [1.82, 2.24) is 0 Å². The Morgan fingerprint density at radius 3 is 1.35 bits per heavy atom. The lowest BCUT2D eigenvalue weighted by molar-refractivity contribution is -0.143. The number of benzene rings is 2. The van der Waals surface area contributed by atoms with Gasteiger partial charge in [-0.25, -0.2) is 9.59 Å². The van der Waals surface area contributed by atoms with Crippen molar-refractivity contribution >= 4 is 11.9 Å². The van der Waals surface area contributed by atoms with Crippen LogP contribution in [0.3, 0.4) is 0 Å². The molecule has 0 atom stereocenters. The fourth-order valence-electron chi connectivity index (χ4n) is 1.96. The summed E-state index contributed by atoms with van der Waals surface area (Å²) in [7, 11) is 0. The Morgan fingerprint density at radius 2 is 1.00 bits per heavy atom. The third-order valence-electron chi connectivity index (χ3n) is 3.32. The smallest absolute Gasteiger partial charge is 0.337 e. The summed E-state index contributed by atoms with van der Waals surface area (Å²) >= 11 is 0. The SMILES string of the molecule is Cc1ccc(OC(=O)COCCOCC(=O)Oc2ccc(C)cc2)cc1. The van der Waals surface area contributed by atoms with Gasteiger partial charge in [-0.3, -0.25) is 0 Å². The third kappa shape index (κ3) is 7.46. The van der Waals surface area contributed by atoms with Gasteiger partial charge in [0.2, 0.25) is 0 Å². The predicted molar refractivity (Wildman–Crippen MR) is 95.3 cm³/mol. The monoisotopic (exact) mass is 358 g/mol. The molecule has 0 aliphatic rings. The minimum absolute atomic E-state index is 0.167. The second-order valence-electron chi connectivity index (χ2n) is 5.68. The van der Waals surface area contributed by atoms with Crippen molar-refractivity contribution in [2.24, 2.45) is 0 Å².